The smallest absolute Gasteiger partial charge is 0.163 e. The molecule has 0 radical (unpaired) electrons. The van der Waals surface area contributed by atoms with Crippen molar-refractivity contribution in [3.05, 3.63) is 32.6 Å². The predicted molar refractivity (Wildman–Crippen MR) is 82.4 cm³/mol. The van der Waals surface area contributed by atoms with Gasteiger partial charge >= 0.3 is 0 Å². The number of nitrogen functional groups attached to an aromatic ring is 2. The summed E-state index contributed by atoms with van der Waals surface area (Å²) in [5.74, 6) is 0.693. The van der Waals surface area contributed by atoms with Gasteiger partial charge in [-0.05, 0) is 22.6 Å². The van der Waals surface area contributed by atoms with E-state index in [1.165, 1.54) is 18.6 Å². The second-order valence-electron chi connectivity index (χ2n) is 2.64. The summed E-state index contributed by atoms with van der Waals surface area (Å²) >= 11 is 12.9. The van der Waals surface area contributed by atoms with E-state index >= 15 is 0 Å². The van der Waals surface area contributed by atoms with Crippen molar-refractivity contribution in [3.63, 3.8) is 0 Å². The second-order valence-corrected chi connectivity index (χ2v) is 4.41. The maximum atomic E-state index is 5.55. The number of hydrogen-bond acceptors (Lipinski definition) is 6. The standard InChI is InChI=1S/C4H3ClIN3.C4H4ClN3.CH4/c5-3-4(6)8-1-2(7)9-3;5-3-1-7-2-4(6)8-3;/h1H,(H2,7,9);1-2H,(H2,6,8);1H4. The zero-order chi connectivity index (χ0) is 12.8. The Labute approximate surface area is 128 Å². The Balaban J connectivity index is 0.000000306. The highest BCUT2D eigenvalue weighted by Crippen LogP contribution is 2.12. The average Bonchev–Trinajstić information content (AvgIpc) is 2.24. The summed E-state index contributed by atoms with van der Waals surface area (Å²) in [5, 5.41) is 0.681. The van der Waals surface area contributed by atoms with Gasteiger partial charge in [0, 0.05) is 0 Å². The predicted octanol–water partition coefficient (Wildman–Crippen LogP) is 2.67. The number of rotatable bonds is 0. The molecule has 2 aromatic heterocycles. The third-order valence-electron chi connectivity index (χ3n) is 1.33. The van der Waals surface area contributed by atoms with Crippen molar-refractivity contribution in [2.75, 3.05) is 11.5 Å². The number of nitrogens with zero attached hydrogens (tertiary/aromatic N) is 4. The van der Waals surface area contributed by atoms with Crippen LogP contribution in [0.5, 0.6) is 0 Å². The summed E-state index contributed by atoms with van der Waals surface area (Å²) in [6.45, 7) is 0. The molecule has 0 spiro atoms. The number of anilines is 2. The topological polar surface area (TPSA) is 104 Å². The molecule has 0 saturated heterocycles. The van der Waals surface area contributed by atoms with Crippen molar-refractivity contribution in [2.24, 2.45) is 0 Å². The Morgan fingerprint density at radius 3 is 2.00 bits per heavy atom. The molecule has 6 nitrogen and oxygen atoms in total. The van der Waals surface area contributed by atoms with Gasteiger partial charge in [0.2, 0.25) is 0 Å². The lowest BCUT2D eigenvalue weighted by Gasteiger charge is -1.92. The summed E-state index contributed by atoms with van der Waals surface area (Å²) in [6, 6.07) is 0. The highest BCUT2D eigenvalue weighted by Gasteiger charge is 1.97. The van der Waals surface area contributed by atoms with Crippen molar-refractivity contribution in [3.8, 4) is 0 Å². The molecule has 18 heavy (non-hydrogen) atoms. The zero-order valence-corrected chi connectivity index (χ0v) is 12.0. The average molecular weight is 401 g/mol. The molecule has 2 heterocycles. The largest absolute Gasteiger partial charge is 0.382 e. The Hall–Kier alpha value is -0.930. The van der Waals surface area contributed by atoms with Gasteiger partial charge in [-0.15, -0.1) is 0 Å². The van der Waals surface area contributed by atoms with Crippen molar-refractivity contribution in [1.29, 1.82) is 0 Å². The maximum Gasteiger partial charge on any atom is 0.163 e. The molecule has 0 aliphatic heterocycles. The van der Waals surface area contributed by atoms with E-state index in [4.69, 9.17) is 34.7 Å². The van der Waals surface area contributed by atoms with E-state index in [1.54, 1.807) is 0 Å². The van der Waals surface area contributed by atoms with Crippen LogP contribution in [-0.2, 0) is 0 Å². The first-order valence-corrected chi connectivity index (χ1v) is 5.99. The van der Waals surface area contributed by atoms with E-state index in [9.17, 15) is 0 Å². The minimum absolute atomic E-state index is 0. The number of aromatic nitrogens is 4. The van der Waals surface area contributed by atoms with Crippen LogP contribution in [0.15, 0.2) is 18.6 Å². The van der Waals surface area contributed by atoms with E-state index in [-0.39, 0.29) is 7.43 Å². The molecule has 4 N–H and O–H groups in total. The molecule has 0 amide bonds. The molecule has 0 bridgehead atoms. The lowest BCUT2D eigenvalue weighted by molar-refractivity contribution is 1.17. The molecule has 98 valence electrons. The van der Waals surface area contributed by atoms with Crippen LogP contribution in [0.3, 0.4) is 0 Å². The van der Waals surface area contributed by atoms with Gasteiger partial charge < -0.3 is 11.5 Å². The zero-order valence-electron chi connectivity index (χ0n) is 8.31. The van der Waals surface area contributed by atoms with Crippen molar-refractivity contribution < 1.29 is 0 Å². The molecule has 2 rings (SSSR count). The van der Waals surface area contributed by atoms with Gasteiger partial charge in [-0.1, -0.05) is 30.6 Å². The van der Waals surface area contributed by atoms with Gasteiger partial charge in [-0.2, -0.15) is 0 Å². The highest BCUT2D eigenvalue weighted by atomic mass is 127. The summed E-state index contributed by atoms with van der Waals surface area (Å²) in [7, 11) is 0. The first-order valence-electron chi connectivity index (χ1n) is 4.15. The minimum Gasteiger partial charge on any atom is -0.382 e. The fourth-order valence-corrected chi connectivity index (χ4v) is 1.28. The summed E-state index contributed by atoms with van der Waals surface area (Å²) < 4.78 is 0.670. The molecular weight excluding hydrogens is 390 g/mol. The van der Waals surface area contributed by atoms with E-state index < -0.39 is 0 Å². The molecule has 0 atom stereocenters. The summed E-state index contributed by atoms with van der Waals surface area (Å²) in [5.41, 5.74) is 10.5. The Morgan fingerprint density at radius 2 is 1.61 bits per heavy atom. The first-order chi connectivity index (χ1) is 7.99. The first kappa shape index (κ1) is 17.1. The fraction of sp³-hybridized carbons (Fsp3) is 0.111. The molecule has 0 aliphatic carbocycles. The number of hydrogen-bond donors (Lipinski definition) is 2. The number of halogens is 3. The molecule has 0 unspecified atom stereocenters. The molecule has 0 aliphatic rings. The fourth-order valence-electron chi connectivity index (χ4n) is 0.721. The Morgan fingerprint density at radius 1 is 1.00 bits per heavy atom. The van der Waals surface area contributed by atoms with Gasteiger partial charge in [0.15, 0.2) is 5.15 Å². The quantitative estimate of drug-likeness (QED) is 0.659. The van der Waals surface area contributed by atoms with E-state index in [0.29, 0.717) is 25.6 Å². The monoisotopic (exact) mass is 400 g/mol. The van der Waals surface area contributed by atoms with E-state index in [2.05, 4.69) is 19.9 Å². The van der Waals surface area contributed by atoms with Crippen LogP contribution >= 0.6 is 45.8 Å². The van der Waals surface area contributed by atoms with Gasteiger partial charge in [-0.3, -0.25) is 4.98 Å². The number of nitrogens with two attached hydrogens (primary N) is 2. The van der Waals surface area contributed by atoms with Crippen LogP contribution in [0.1, 0.15) is 7.43 Å². The van der Waals surface area contributed by atoms with Crippen LogP contribution in [-0.4, -0.2) is 19.9 Å². The van der Waals surface area contributed by atoms with Gasteiger partial charge in [0.1, 0.15) is 20.5 Å². The Kier molecular flexibility index (Phi) is 7.80. The van der Waals surface area contributed by atoms with Gasteiger partial charge in [-0.25, -0.2) is 15.0 Å². The summed E-state index contributed by atoms with van der Waals surface area (Å²) in [6.07, 6.45) is 4.33. The van der Waals surface area contributed by atoms with Crippen LogP contribution in [0.4, 0.5) is 11.6 Å². The molecule has 0 fully saturated rings. The molecule has 2 aromatic rings. The van der Waals surface area contributed by atoms with Crippen LogP contribution in [0, 0.1) is 3.70 Å². The van der Waals surface area contributed by atoms with Crippen LogP contribution < -0.4 is 11.5 Å². The van der Waals surface area contributed by atoms with E-state index in [1.807, 2.05) is 22.6 Å². The molecule has 0 saturated carbocycles. The molecular formula is C9H11Cl2IN6. The lowest BCUT2D eigenvalue weighted by Crippen LogP contribution is -1.93. The third-order valence-corrected chi connectivity index (χ3v) is 2.89. The van der Waals surface area contributed by atoms with Crippen LogP contribution in [0.25, 0.3) is 0 Å². The van der Waals surface area contributed by atoms with Gasteiger partial charge in [0.25, 0.3) is 0 Å². The van der Waals surface area contributed by atoms with Crippen molar-refractivity contribution in [1.82, 2.24) is 19.9 Å². The lowest BCUT2D eigenvalue weighted by atomic mass is 10.7. The molecule has 0 aromatic carbocycles. The van der Waals surface area contributed by atoms with Crippen LogP contribution in [0.2, 0.25) is 10.3 Å². The highest BCUT2D eigenvalue weighted by molar-refractivity contribution is 14.1. The SMILES string of the molecule is C.Nc1cnc(I)c(Cl)n1.Nc1cncc(Cl)n1. The normalized spacial score (nSPS) is 8.83. The van der Waals surface area contributed by atoms with Crippen molar-refractivity contribution >= 4 is 57.4 Å². The Bertz CT molecular complexity index is 493. The second kappa shape index (κ2) is 8.22. The van der Waals surface area contributed by atoms with E-state index in [0.717, 1.165) is 0 Å². The van der Waals surface area contributed by atoms with Gasteiger partial charge in [0.05, 0.1) is 18.6 Å². The van der Waals surface area contributed by atoms with Crippen molar-refractivity contribution in [2.45, 2.75) is 7.43 Å². The molecule has 9 heteroatoms. The summed E-state index contributed by atoms with van der Waals surface area (Å²) in [4.78, 5) is 14.9. The maximum absolute atomic E-state index is 5.55. The minimum atomic E-state index is 0. The third kappa shape index (κ3) is 6.12.